The SMILES string of the molecule is COc1ccccc1OCCN1CCCC(CCl)C1. The van der Waals surface area contributed by atoms with Gasteiger partial charge in [-0.3, -0.25) is 4.90 Å². The van der Waals surface area contributed by atoms with Crippen LogP contribution in [0.2, 0.25) is 0 Å². The Labute approximate surface area is 120 Å². The zero-order chi connectivity index (χ0) is 13.5. The lowest BCUT2D eigenvalue weighted by Gasteiger charge is -2.31. The molecule has 1 aliphatic rings. The van der Waals surface area contributed by atoms with Gasteiger partial charge in [-0.05, 0) is 37.4 Å². The first-order chi connectivity index (χ1) is 9.33. The highest BCUT2D eigenvalue weighted by Gasteiger charge is 2.18. The number of piperidine rings is 1. The minimum absolute atomic E-state index is 0.640. The molecule has 0 bridgehead atoms. The van der Waals surface area contributed by atoms with E-state index in [2.05, 4.69) is 4.90 Å². The number of benzene rings is 1. The van der Waals surface area contributed by atoms with Gasteiger partial charge in [0, 0.05) is 19.0 Å². The number of hydrogen-bond donors (Lipinski definition) is 0. The molecule has 2 rings (SSSR count). The van der Waals surface area contributed by atoms with Gasteiger partial charge in [0.2, 0.25) is 0 Å². The third-order valence-corrected chi connectivity index (χ3v) is 3.99. The Kier molecular flexibility index (Phi) is 5.80. The van der Waals surface area contributed by atoms with Gasteiger partial charge in [-0.25, -0.2) is 0 Å². The zero-order valence-electron chi connectivity index (χ0n) is 11.5. The highest BCUT2D eigenvalue weighted by Crippen LogP contribution is 2.25. The van der Waals surface area contributed by atoms with Gasteiger partial charge >= 0.3 is 0 Å². The van der Waals surface area contributed by atoms with Gasteiger partial charge < -0.3 is 9.47 Å². The summed E-state index contributed by atoms with van der Waals surface area (Å²) in [6, 6.07) is 7.76. The molecule has 0 amide bonds. The summed E-state index contributed by atoms with van der Waals surface area (Å²) in [4.78, 5) is 2.44. The van der Waals surface area contributed by atoms with Crippen LogP contribution < -0.4 is 9.47 Å². The molecule has 4 heteroatoms. The molecular weight excluding hydrogens is 262 g/mol. The van der Waals surface area contributed by atoms with E-state index in [1.807, 2.05) is 24.3 Å². The smallest absolute Gasteiger partial charge is 0.161 e. The largest absolute Gasteiger partial charge is 0.493 e. The maximum absolute atomic E-state index is 5.94. The lowest BCUT2D eigenvalue weighted by Crippen LogP contribution is -2.38. The van der Waals surface area contributed by atoms with E-state index < -0.39 is 0 Å². The molecule has 1 fully saturated rings. The van der Waals surface area contributed by atoms with Crippen LogP contribution in [0.5, 0.6) is 11.5 Å². The number of alkyl halides is 1. The molecule has 0 aliphatic carbocycles. The van der Waals surface area contributed by atoms with E-state index in [4.69, 9.17) is 21.1 Å². The molecule has 1 heterocycles. The van der Waals surface area contributed by atoms with E-state index in [1.54, 1.807) is 7.11 Å². The summed E-state index contributed by atoms with van der Waals surface area (Å²) in [6.45, 7) is 3.89. The van der Waals surface area contributed by atoms with Gasteiger partial charge in [-0.2, -0.15) is 0 Å². The Bertz CT molecular complexity index is 386. The third-order valence-electron chi connectivity index (χ3n) is 3.56. The molecule has 3 nitrogen and oxygen atoms in total. The van der Waals surface area contributed by atoms with Crippen molar-refractivity contribution < 1.29 is 9.47 Å². The number of ether oxygens (including phenoxy) is 2. The number of halogens is 1. The number of para-hydroxylation sites is 2. The molecule has 0 aromatic heterocycles. The normalized spacial score (nSPS) is 20.2. The second-order valence-corrected chi connectivity index (χ2v) is 5.27. The van der Waals surface area contributed by atoms with Crippen LogP contribution in [-0.2, 0) is 0 Å². The van der Waals surface area contributed by atoms with Crippen molar-refractivity contribution in [3.05, 3.63) is 24.3 Å². The lowest BCUT2D eigenvalue weighted by atomic mass is 10.0. The van der Waals surface area contributed by atoms with Gasteiger partial charge in [0.05, 0.1) is 7.11 Å². The van der Waals surface area contributed by atoms with Crippen molar-refractivity contribution in [3.8, 4) is 11.5 Å². The molecule has 0 saturated carbocycles. The molecule has 106 valence electrons. The van der Waals surface area contributed by atoms with Crippen LogP contribution >= 0.6 is 11.6 Å². The van der Waals surface area contributed by atoms with Crippen LogP contribution in [0.3, 0.4) is 0 Å². The van der Waals surface area contributed by atoms with Gasteiger partial charge in [-0.1, -0.05) is 12.1 Å². The molecule has 1 atom stereocenters. The van der Waals surface area contributed by atoms with Crippen LogP contribution in [0.25, 0.3) is 0 Å². The summed E-state index contributed by atoms with van der Waals surface area (Å²) in [5, 5.41) is 0. The van der Waals surface area contributed by atoms with Crippen molar-refractivity contribution in [3.63, 3.8) is 0 Å². The van der Waals surface area contributed by atoms with Crippen molar-refractivity contribution in [1.82, 2.24) is 4.90 Å². The minimum atomic E-state index is 0.640. The Morgan fingerprint density at radius 3 is 2.84 bits per heavy atom. The number of rotatable bonds is 6. The average Bonchev–Trinajstić information content (AvgIpc) is 2.48. The van der Waals surface area contributed by atoms with E-state index in [0.29, 0.717) is 12.5 Å². The van der Waals surface area contributed by atoms with E-state index in [9.17, 15) is 0 Å². The van der Waals surface area contributed by atoms with Crippen molar-refractivity contribution in [2.45, 2.75) is 12.8 Å². The summed E-state index contributed by atoms with van der Waals surface area (Å²) in [5.74, 6) is 3.02. The first-order valence-corrected chi connectivity index (χ1v) is 7.41. The Hall–Kier alpha value is -0.930. The minimum Gasteiger partial charge on any atom is -0.493 e. The van der Waals surface area contributed by atoms with Gasteiger partial charge in [0.25, 0.3) is 0 Å². The first-order valence-electron chi connectivity index (χ1n) is 6.87. The van der Waals surface area contributed by atoms with Crippen molar-refractivity contribution >= 4 is 11.6 Å². The average molecular weight is 284 g/mol. The summed E-state index contributed by atoms with van der Waals surface area (Å²) in [5.41, 5.74) is 0. The molecule has 1 aliphatic heterocycles. The van der Waals surface area contributed by atoms with E-state index in [1.165, 1.54) is 12.8 Å². The number of hydrogen-bond acceptors (Lipinski definition) is 3. The fraction of sp³-hybridized carbons (Fsp3) is 0.600. The predicted octanol–water partition coefficient (Wildman–Crippen LogP) is 3.02. The molecule has 0 N–H and O–H groups in total. The molecule has 0 radical (unpaired) electrons. The van der Waals surface area contributed by atoms with E-state index in [-0.39, 0.29) is 0 Å². The summed E-state index contributed by atoms with van der Waals surface area (Å²) in [6.07, 6.45) is 2.50. The number of nitrogens with zero attached hydrogens (tertiary/aromatic N) is 1. The quantitative estimate of drug-likeness (QED) is 0.749. The maximum Gasteiger partial charge on any atom is 0.161 e. The van der Waals surface area contributed by atoms with Crippen LogP contribution in [0.1, 0.15) is 12.8 Å². The second-order valence-electron chi connectivity index (χ2n) is 4.96. The van der Waals surface area contributed by atoms with Crippen LogP contribution in [0, 0.1) is 5.92 Å². The Morgan fingerprint density at radius 1 is 1.32 bits per heavy atom. The lowest BCUT2D eigenvalue weighted by molar-refractivity contribution is 0.153. The van der Waals surface area contributed by atoms with Gasteiger partial charge in [0.15, 0.2) is 11.5 Å². The molecule has 0 spiro atoms. The van der Waals surface area contributed by atoms with Crippen molar-refractivity contribution in [2.24, 2.45) is 5.92 Å². The molecule has 1 aromatic rings. The van der Waals surface area contributed by atoms with Crippen molar-refractivity contribution in [1.29, 1.82) is 0 Å². The Morgan fingerprint density at radius 2 is 2.11 bits per heavy atom. The highest BCUT2D eigenvalue weighted by atomic mass is 35.5. The van der Waals surface area contributed by atoms with Crippen LogP contribution in [-0.4, -0.2) is 44.1 Å². The van der Waals surface area contributed by atoms with Crippen molar-refractivity contribution in [2.75, 3.05) is 39.2 Å². The molecule has 1 aromatic carbocycles. The fourth-order valence-corrected chi connectivity index (χ4v) is 2.75. The van der Waals surface area contributed by atoms with Gasteiger partial charge in [-0.15, -0.1) is 11.6 Å². The fourth-order valence-electron chi connectivity index (χ4n) is 2.50. The predicted molar refractivity (Wildman–Crippen MR) is 78.4 cm³/mol. The monoisotopic (exact) mass is 283 g/mol. The van der Waals surface area contributed by atoms with E-state index >= 15 is 0 Å². The Balaban J connectivity index is 1.77. The van der Waals surface area contributed by atoms with Crippen LogP contribution in [0.15, 0.2) is 24.3 Å². The molecule has 1 unspecified atom stereocenters. The maximum atomic E-state index is 5.94. The topological polar surface area (TPSA) is 21.7 Å². The molecule has 1 saturated heterocycles. The number of likely N-dealkylation sites (tertiary alicyclic amines) is 1. The van der Waals surface area contributed by atoms with Crippen LogP contribution in [0.4, 0.5) is 0 Å². The van der Waals surface area contributed by atoms with E-state index in [0.717, 1.165) is 37.0 Å². The zero-order valence-corrected chi connectivity index (χ0v) is 12.2. The summed E-state index contributed by atoms with van der Waals surface area (Å²) < 4.78 is 11.1. The summed E-state index contributed by atoms with van der Waals surface area (Å²) >= 11 is 5.94. The number of methoxy groups -OCH3 is 1. The standard InChI is InChI=1S/C15H22ClNO2/c1-18-14-6-2-3-7-15(14)19-10-9-17-8-4-5-13(11-16)12-17/h2-3,6-7,13H,4-5,8-12H2,1H3. The third kappa shape index (κ3) is 4.29. The highest BCUT2D eigenvalue weighted by molar-refractivity contribution is 6.18. The first kappa shape index (κ1) is 14.5. The second kappa shape index (κ2) is 7.61. The van der Waals surface area contributed by atoms with Gasteiger partial charge in [0.1, 0.15) is 6.61 Å². The summed E-state index contributed by atoms with van der Waals surface area (Å²) in [7, 11) is 1.66. The molecular formula is C15H22ClNO2. The molecule has 19 heavy (non-hydrogen) atoms.